The van der Waals surface area contributed by atoms with Gasteiger partial charge in [0.25, 0.3) is 5.91 Å². The fourth-order valence-electron chi connectivity index (χ4n) is 4.18. The van der Waals surface area contributed by atoms with Gasteiger partial charge < -0.3 is 19.8 Å². The zero-order valence-electron chi connectivity index (χ0n) is 21.6. The van der Waals surface area contributed by atoms with Crippen LogP contribution in [-0.4, -0.2) is 56.9 Å². The van der Waals surface area contributed by atoms with E-state index in [2.05, 4.69) is 15.3 Å². The Balaban J connectivity index is 1.56. The van der Waals surface area contributed by atoms with Gasteiger partial charge >= 0.3 is 6.09 Å². The lowest BCUT2D eigenvalue weighted by Gasteiger charge is -2.27. The molecule has 4 rings (SSSR count). The van der Waals surface area contributed by atoms with Crippen molar-refractivity contribution in [3.63, 3.8) is 0 Å². The van der Waals surface area contributed by atoms with Crippen LogP contribution in [0.15, 0.2) is 42.6 Å². The van der Waals surface area contributed by atoms with Gasteiger partial charge in [-0.05, 0) is 51.8 Å². The van der Waals surface area contributed by atoms with Gasteiger partial charge in [-0.3, -0.25) is 14.5 Å². The van der Waals surface area contributed by atoms with Crippen molar-refractivity contribution in [3.05, 3.63) is 59.7 Å². The number of carbonyl (C=O) groups is 3. The van der Waals surface area contributed by atoms with Crippen molar-refractivity contribution < 1.29 is 23.9 Å². The van der Waals surface area contributed by atoms with Crippen molar-refractivity contribution in [1.82, 2.24) is 19.9 Å². The van der Waals surface area contributed by atoms with E-state index < -0.39 is 11.7 Å². The first kappa shape index (κ1) is 25.9. The zero-order valence-corrected chi connectivity index (χ0v) is 21.6. The smallest absolute Gasteiger partial charge is 0.410 e. The van der Waals surface area contributed by atoms with Gasteiger partial charge in [-0.1, -0.05) is 12.1 Å². The molecule has 0 saturated carbocycles. The number of pyridine rings is 1. The van der Waals surface area contributed by atoms with Crippen LogP contribution in [0.5, 0.6) is 5.75 Å². The highest BCUT2D eigenvalue weighted by molar-refractivity contribution is 6.04. The second-order valence-corrected chi connectivity index (χ2v) is 9.85. The van der Waals surface area contributed by atoms with Crippen molar-refractivity contribution in [2.75, 3.05) is 19.0 Å². The molecule has 1 saturated heterocycles. The first-order valence-corrected chi connectivity index (χ1v) is 12.1. The van der Waals surface area contributed by atoms with E-state index in [1.807, 2.05) is 20.8 Å². The molecule has 0 spiro atoms. The Kier molecular flexibility index (Phi) is 7.28. The molecule has 1 aliphatic heterocycles. The number of hydrogen-bond acceptors (Lipinski definition) is 7. The van der Waals surface area contributed by atoms with Gasteiger partial charge in [-0.2, -0.15) is 0 Å². The number of carbonyl (C=O) groups excluding carboxylic acids is 3. The van der Waals surface area contributed by atoms with Gasteiger partial charge in [-0.25, -0.2) is 14.8 Å². The van der Waals surface area contributed by atoms with E-state index in [4.69, 9.17) is 14.5 Å². The van der Waals surface area contributed by atoms with E-state index in [0.29, 0.717) is 52.9 Å². The molecule has 1 aliphatic rings. The number of aromatic amines is 1. The van der Waals surface area contributed by atoms with Crippen LogP contribution in [0.4, 0.5) is 10.6 Å². The number of H-pyrrole nitrogens is 1. The predicted octanol–water partition coefficient (Wildman–Crippen LogP) is 5.01. The fourth-order valence-corrected chi connectivity index (χ4v) is 4.18. The predicted molar refractivity (Wildman–Crippen MR) is 138 cm³/mol. The van der Waals surface area contributed by atoms with Gasteiger partial charge in [0.1, 0.15) is 28.7 Å². The van der Waals surface area contributed by atoms with E-state index in [0.717, 1.165) is 6.42 Å². The quantitative estimate of drug-likeness (QED) is 0.451. The van der Waals surface area contributed by atoms with E-state index in [-0.39, 0.29) is 17.7 Å². The maximum Gasteiger partial charge on any atom is 0.410 e. The molecule has 1 aromatic carbocycles. The number of imidazole rings is 1. The highest BCUT2D eigenvalue weighted by atomic mass is 16.6. The number of Topliss-reactive ketones (excluding diaryl/α,β-unsaturated/α-hetero) is 1. The number of nitrogens with one attached hydrogen (secondary N) is 2. The number of methoxy groups -OCH3 is 1. The number of anilines is 1. The van der Waals surface area contributed by atoms with Crippen LogP contribution in [0.1, 0.15) is 73.2 Å². The minimum Gasteiger partial charge on any atom is -0.497 e. The van der Waals surface area contributed by atoms with E-state index in [1.54, 1.807) is 47.5 Å². The summed E-state index contributed by atoms with van der Waals surface area (Å²) in [6.45, 7) is 7.49. The van der Waals surface area contributed by atoms with Crippen molar-refractivity contribution in [2.45, 2.75) is 52.2 Å². The highest BCUT2D eigenvalue weighted by Gasteiger charge is 2.35. The van der Waals surface area contributed by atoms with Crippen LogP contribution < -0.4 is 10.1 Å². The normalized spacial score (nSPS) is 15.4. The summed E-state index contributed by atoms with van der Waals surface area (Å²) in [5.74, 6) is 0.978. The first-order valence-electron chi connectivity index (χ1n) is 12.1. The number of ether oxygens (including phenoxy) is 2. The van der Waals surface area contributed by atoms with Gasteiger partial charge in [0.05, 0.1) is 18.8 Å². The van der Waals surface area contributed by atoms with Crippen molar-refractivity contribution >= 4 is 23.6 Å². The molecule has 10 heteroatoms. The number of rotatable bonds is 6. The third kappa shape index (κ3) is 5.96. The zero-order chi connectivity index (χ0) is 26.7. The monoisotopic (exact) mass is 505 g/mol. The van der Waals surface area contributed by atoms with Gasteiger partial charge in [-0.15, -0.1) is 0 Å². The lowest BCUT2D eigenvalue weighted by molar-refractivity contribution is 0.0218. The second-order valence-electron chi connectivity index (χ2n) is 9.85. The van der Waals surface area contributed by atoms with Gasteiger partial charge in [0, 0.05) is 36.9 Å². The molecule has 0 aliphatic carbocycles. The van der Waals surface area contributed by atoms with Crippen LogP contribution in [0.3, 0.4) is 0 Å². The molecular weight excluding hydrogens is 474 g/mol. The Morgan fingerprint density at radius 3 is 2.51 bits per heavy atom. The number of ketones is 1. The summed E-state index contributed by atoms with van der Waals surface area (Å²) in [6, 6.07) is 9.79. The molecule has 3 heterocycles. The largest absolute Gasteiger partial charge is 0.497 e. The average molecular weight is 506 g/mol. The van der Waals surface area contributed by atoms with Crippen LogP contribution in [0.2, 0.25) is 0 Å². The maximum atomic E-state index is 12.8. The first-order chi connectivity index (χ1) is 17.6. The fraction of sp³-hybridized carbons (Fsp3) is 0.370. The Bertz CT molecular complexity index is 1310. The Morgan fingerprint density at radius 2 is 1.86 bits per heavy atom. The molecule has 0 unspecified atom stereocenters. The van der Waals surface area contributed by atoms with Gasteiger partial charge in [0.2, 0.25) is 0 Å². The Hall–Kier alpha value is -4.21. The number of hydrogen-bond donors (Lipinski definition) is 2. The summed E-state index contributed by atoms with van der Waals surface area (Å²) in [4.78, 5) is 51.5. The van der Waals surface area contributed by atoms with E-state index >= 15 is 0 Å². The molecule has 37 heavy (non-hydrogen) atoms. The molecule has 2 aromatic heterocycles. The number of likely N-dealkylation sites (tertiary alicyclic amines) is 1. The van der Waals surface area contributed by atoms with Gasteiger partial charge in [0.15, 0.2) is 5.78 Å². The highest BCUT2D eigenvalue weighted by Crippen LogP contribution is 2.34. The number of benzene rings is 1. The van der Waals surface area contributed by atoms with Crippen LogP contribution in [0, 0.1) is 0 Å². The second kappa shape index (κ2) is 10.4. The molecule has 0 radical (unpaired) electrons. The standard InChI is InChI=1S/C27H31N5O5/c1-16(33)22-23(31-24(30-22)20-7-6-14-32(20)26(35)37-27(2,3)4)17-8-10-18(11-9-17)25(34)29-21-15-19(36-5)12-13-28-21/h8-13,15,20H,6-7,14H2,1-5H3,(H,30,31)(H,28,29,34)/t20-/m0/s1. The maximum absolute atomic E-state index is 12.8. The molecule has 1 fully saturated rings. The lowest BCUT2D eigenvalue weighted by Crippen LogP contribution is -2.36. The summed E-state index contributed by atoms with van der Waals surface area (Å²) in [5, 5.41) is 2.74. The minimum atomic E-state index is -0.611. The summed E-state index contributed by atoms with van der Waals surface area (Å²) in [5.41, 5.74) is 1.30. The summed E-state index contributed by atoms with van der Waals surface area (Å²) < 4.78 is 10.7. The molecule has 2 N–H and O–H groups in total. The summed E-state index contributed by atoms with van der Waals surface area (Å²) in [6.07, 6.45) is 2.66. The van der Waals surface area contributed by atoms with E-state index in [9.17, 15) is 14.4 Å². The Labute approximate surface area is 215 Å². The van der Waals surface area contributed by atoms with Crippen molar-refractivity contribution in [3.8, 4) is 17.0 Å². The average Bonchev–Trinajstić information content (AvgIpc) is 3.51. The summed E-state index contributed by atoms with van der Waals surface area (Å²) in [7, 11) is 1.54. The van der Waals surface area contributed by atoms with Crippen LogP contribution >= 0.6 is 0 Å². The number of aromatic nitrogens is 3. The van der Waals surface area contributed by atoms with Crippen molar-refractivity contribution in [1.29, 1.82) is 0 Å². The minimum absolute atomic E-state index is 0.179. The molecule has 2 amide bonds. The SMILES string of the molecule is COc1ccnc(NC(=O)c2ccc(-c3nc([C@@H]4CCCN4C(=O)OC(C)(C)C)[nH]c3C(C)=O)cc2)c1. The topological polar surface area (TPSA) is 127 Å². The Morgan fingerprint density at radius 1 is 1.14 bits per heavy atom. The molecule has 10 nitrogen and oxygen atoms in total. The van der Waals surface area contributed by atoms with E-state index in [1.165, 1.54) is 14.0 Å². The number of amides is 2. The molecule has 0 bridgehead atoms. The van der Waals surface area contributed by atoms with Crippen molar-refractivity contribution in [2.24, 2.45) is 0 Å². The third-order valence-corrected chi connectivity index (χ3v) is 5.90. The molecule has 3 aromatic rings. The molecule has 194 valence electrons. The summed E-state index contributed by atoms with van der Waals surface area (Å²) >= 11 is 0. The van der Waals surface area contributed by atoms with Crippen LogP contribution in [0.25, 0.3) is 11.3 Å². The third-order valence-electron chi connectivity index (χ3n) is 5.90. The number of nitrogens with zero attached hydrogens (tertiary/aromatic N) is 3. The molecular formula is C27H31N5O5. The van der Waals surface area contributed by atoms with Crippen LogP contribution in [-0.2, 0) is 4.74 Å². The molecule has 1 atom stereocenters. The lowest BCUT2D eigenvalue weighted by atomic mass is 10.1.